The summed E-state index contributed by atoms with van der Waals surface area (Å²) in [6.07, 6.45) is 11.8. The quantitative estimate of drug-likeness (QED) is 0.218. The van der Waals surface area contributed by atoms with Gasteiger partial charge in [-0.05, 0) is 62.1 Å². The smallest absolute Gasteiger partial charge is 0.150 e. The minimum absolute atomic E-state index is 0.0883. The van der Waals surface area contributed by atoms with Crippen LogP contribution in [0.5, 0.6) is 5.75 Å². The monoisotopic (exact) mass is 593 g/mol. The second-order valence-corrected chi connectivity index (χ2v) is 11.2. The number of ether oxygens (including phenoxy) is 3. The van der Waals surface area contributed by atoms with Crippen LogP contribution in [0.2, 0.25) is 10.0 Å². The number of rotatable bonds is 8. The molecule has 2 atom stereocenters. The van der Waals surface area contributed by atoms with E-state index in [4.69, 9.17) is 47.5 Å². The van der Waals surface area contributed by atoms with Crippen molar-refractivity contribution in [1.29, 1.82) is 0 Å². The van der Waals surface area contributed by atoms with Gasteiger partial charge >= 0.3 is 0 Å². The van der Waals surface area contributed by atoms with E-state index in [9.17, 15) is 0 Å². The largest absolute Gasteiger partial charge is 0.486 e. The number of aromatic nitrogens is 4. The Bertz CT molecular complexity index is 1490. The Balaban J connectivity index is 1.27. The predicted molar refractivity (Wildman–Crippen MR) is 161 cm³/mol. The molecule has 4 aromatic rings. The van der Waals surface area contributed by atoms with E-state index in [1.807, 2.05) is 48.2 Å². The van der Waals surface area contributed by atoms with Gasteiger partial charge in [0.25, 0.3) is 0 Å². The molecule has 8 nitrogen and oxygen atoms in total. The topological polar surface area (TPSA) is 74.5 Å². The molecule has 3 aromatic heterocycles. The number of benzene rings is 1. The Morgan fingerprint density at radius 1 is 1.02 bits per heavy atom. The summed E-state index contributed by atoms with van der Waals surface area (Å²) < 4.78 is 19.8. The Hall–Kier alpha value is -3.01. The van der Waals surface area contributed by atoms with Crippen molar-refractivity contribution in [2.75, 3.05) is 32.9 Å². The lowest BCUT2D eigenvalue weighted by atomic mass is 10.1. The van der Waals surface area contributed by atoms with E-state index in [0.29, 0.717) is 21.4 Å². The predicted octanol–water partition coefficient (Wildman–Crippen LogP) is 6.97. The fourth-order valence-electron chi connectivity index (χ4n) is 5.34. The van der Waals surface area contributed by atoms with Gasteiger partial charge in [0.15, 0.2) is 6.23 Å². The van der Waals surface area contributed by atoms with Crippen LogP contribution in [-0.4, -0.2) is 57.6 Å². The average Bonchev–Trinajstić information content (AvgIpc) is 3.35. The van der Waals surface area contributed by atoms with Gasteiger partial charge < -0.3 is 14.2 Å². The maximum absolute atomic E-state index is 6.38. The summed E-state index contributed by atoms with van der Waals surface area (Å²) in [7, 11) is 0. The standard InChI is InChI=1S/C31H33Cl2N5O3/c1-21(31-26(32)18-34-19-27(31)33)41-24-8-10-29-25(16-24)28(36-38(29)30-4-2-3-13-40-30)9-6-22-5-7-23(35-17-22)20-37-11-14-39-15-12-37/h5-10,16-19,21,30H,2-4,11-15,20H2,1H3/b9-6+/t21-,30?/m1/s1. The van der Waals surface area contributed by atoms with Gasteiger partial charge in [-0.15, -0.1) is 0 Å². The number of nitrogens with zero attached hydrogens (tertiary/aromatic N) is 5. The Morgan fingerprint density at radius 2 is 1.85 bits per heavy atom. The highest BCUT2D eigenvalue weighted by molar-refractivity contribution is 6.35. The van der Waals surface area contributed by atoms with Crippen LogP contribution in [0.4, 0.5) is 0 Å². The molecule has 6 rings (SSSR count). The van der Waals surface area contributed by atoms with Crippen molar-refractivity contribution in [2.24, 2.45) is 0 Å². The second kappa shape index (κ2) is 12.9. The molecule has 0 aliphatic carbocycles. The minimum atomic E-state index is -0.367. The number of morpholine rings is 1. The molecular weight excluding hydrogens is 561 g/mol. The van der Waals surface area contributed by atoms with Crippen LogP contribution < -0.4 is 4.74 Å². The summed E-state index contributed by atoms with van der Waals surface area (Å²) >= 11 is 12.8. The van der Waals surface area contributed by atoms with Crippen LogP contribution in [0.15, 0.2) is 48.9 Å². The SMILES string of the molecule is C[C@@H](Oc1ccc2c(c1)c(/C=C/c1ccc(CN3CCOCC3)nc1)nn2C1CCCCO1)c1c(Cl)cncc1Cl. The van der Waals surface area contributed by atoms with Gasteiger partial charge in [0.1, 0.15) is 11.9 Å². The molecule has 2 aliphatic rings. The summed E-state index contributed by atoms with van der Waals surface area (Å²) in [5.41, 5.74) is 4.61. The fraction of sp³-hybridized carbons (Fsp3) is 0.387. The number of pyridine rings is 2. The average molecular weight is 595 g/mol. The highest BCUT2D eigenvalue weighted by atomic mass is 35.5. The first kappa shape index (κ1) is 28.1. The molecule has 0 bridgehead atoms. The van der Waals surface area contributed by atoms with Crippen molar-refractivity contribution in [3.63, 3.8) is 0 Å². The molecule has 1 aromatic carbocycles. The van der Waals surface area contributed by atoms with Crippen molar-refractivity contribution in [3.8, 4) is 5.75 Å². The van der Waals surface area contributed by atoms with E-state index in [-0.39, 0.29) is 12.3 Å². The summed E-state index contributed by atoms with van der Waals surface area (Å²) in [5, 5.41) is 6.91. The zero-order valence-electron chi connectivity index (χ0n) is 23.0. The fourth-order valence-corrected chi connectivity index (χ4v) is 6.01. The van der Waals surface area contributed by atoms with Crippen LogP contribution in [0, 0.1) is 0 Å². The lowest BCUT2D eigenvalue weighted by molar-refractivity contribution is -0.0367. The summed E-state index contributed by atoms with van der Waals surface area (Å²) in [4.78, 5) is 11.1. The number of hydrogen-bond donors (Lipinski definition) is 0. The number of hydrogen-bond acceptors (Lipinski definition) is 7. The molecule has 1 unspecified atom stereocenters. The van der Waals surface area contributed by atoms with E-state index in [0.717, 1.165) is 86.6 Å². The molecule has 214 valence electrons. The summed E-state index contributed by atoms with van der Waals surface area (Å²) in [5.74, 6) is 0.696. The lowest BCUT2D eigenvalue weighted by Gasteiger charge is -2.26. The first-order valence-corrected chi connectivity index (χ1v) is 14.8. The van der Waals surface area contributed by atoms with Gasteiger partial charge in [0, 0.05) is 55.8 Å². The van der Waals surface area contributed by atoms with E-state index in [2.05, 4.69) is 22.0 Å². The zero-order valence-corrected chi connectivity index (χ0v) is 24.5. The van der Waals surface area contributed by atoms with E-state index < -0.39 is 0 Å². The van der Waals surface area contributed by atoms with E-state index in [1.165, 1.54) is 0 Å². The first-order chi connectivity index (χ1) is 20.0. The molecule has 0 N–H and O–H groups in total. The zero-order chi connectivity index (χ0) is 28.2. The second-order valence-electron chi connectivity index (χ2n) is 10.4. The molecule has 0 saturated carbocycles. The Labute approximate surface area is 249 Å². The highest BCUT2D eigenvalue weighted by Crippen LogP contribution is 2.35. The normalized spacial score (nSPS) is 19.1. The summed E-state index contributed by atoms with van der Waals surface area (Å²) in [6, 6.07) is 10.2. The van der Waals surface area contributed by atoms with Crippen LogP contribution >= 0.6 is 23.2 Å². The van der Waals surface area contributed by atoms with Crippen LogP contribution in [0.25, 0.3) is 23.1 Å². The lowest BCUT2D eigenvalue weighted by Crippen LogP contribution is -2.35. The maximum Gasteiger partial charge on any atom is 0.150 e. The first-order valence-electron chi connectivity index (χ1n) is 14.1. The third kappa shape index (κ3) is 6.58. The highest BCUT2D eigenvalue weighted by Gasteiger charge is 2.22. The van der Waals surface area contributed by atoms with Crippen molar-refractivity contribution in [3.05, 3.63) is 81.5 Å². The summed E-state index contributed by atoms with van der Waals surface area (Å²) in [6.45, 7) is 6.95. The molecule has 10 heteroatoms. The molecule has 5 heterocycles. The molecule has 0 radical (unpaired) electrons. The minimum Gasteiger partial charge on any atom is -0.486 e. The third-order valence-corrected chi connectivity index (χ3v) is 8.12. The molecule has 2 fully saturated rings. The molecule has 41 heavy (non-hydrogen) atoms. The van der Waals surface area contributed by atoms with Gasteiger partial charge in [-0.1, -0.05) is 35.3 Å². The molecule has 0 amide bonds. The van der Waals surface area contributed by atoms with Crippen molar-refractivity contribution in [1.82, 2.24) is 24.6 Å². The van der Waals surface area contributed by atoms with Gasteiger partial charge in [0.05, 0.1) is 40.2 Å². The molecule has 2 saturated heterocycles. The van der Waals surface area contributed by atoms with Gasteiger partial charge in [-0.25, -0.2) is 4.68 Å². The number of halogens is 2. The Morgan fingerprint density at radius 3 is 2.59 bits per heavy atom. The van der Waals surface area contributed by atoms with Gasteiger partial charge in [-0.3, -0.25) is 14.9 Å². The van der Waals surface area contributed by atoms with Crippen molar-refractivity contribution >= 4 is 46.3 Å². The van der Waals surface area contributed by atoms with E-state index >= 15 is 0 Å². The van der Waals surface area contributed by atoms with E-state index in [1.54, 1.807) is 12.4 Å². The molecular formula is C31H33Cl2N5O3. The third-order valence-electron chi connectivity index (χ3n) is 7.52. The molecule has 0 spiro atoms. The van der Waals surface area contributed by atoms with Crippen LogP contribution in [0.3, 0.4) is 0 Å². The maximum atomic E-state index is 6.38. The van der Waals surface area contributed by atoms with Gasteiger partial charge in [0.2, 0.25) is 0 Å². The number of fused-ring (bicyclic) bond motifs is 1. The van der Waals surface area contributed by atoms with Gasteiger partial charge in [-0.2, -0.15) is 5.10 Å². The molecule has 2 aliphatic heterocycles. The van der Waals surface area contributed by atoms with Crippen LogP contribution in [-0.2, 0) is 16.0 Å². The van der Waals surface area contributed by atoms with Crippen LogP contribution in [0.1, 0.15) is 61.0 Å². The van der Waals surface area contributed by atoms with Crippen molar-refractivity contribution < 1.29 is 14.2 Å². The Kier molecular flexibility index (Phi) is 8.84. The van der Waals surface area contributed by atoms with Crippen molar-refractivity contribution in [2.45, 2.75) is 45.1 Å².